The van der Waals surface area contributed by atoms with Crippen molar-refractivity contribution in [3.8, 4) is 0 Å². The van der Waals surface area contributed by atoms with E-state index in [0.717, 1.165) is 12.1 Å². The number of amides is 1. The molecule has 4 heteroatoms. The number of hydrazone groups is 1. The summed E-state index contributed by atoms with van der Waals surface area (Å²) >= 11 is 0. The van der Waals surface area contributed by atoms with Gasteiger partial charge in [0, 0.05) is 11.3 Å². The third-order valence-corrected chi connectivity index (χ3v) is 2.14. The molecule has 0 atom stereocenters. The van der Waals surface area contributed by atoms with Crippen molar-refractivity contribution in [3.63, 3.8) is 0 Å². The number of halogens is 1. The first-order chi connectivity index (χ1) is 7.99. The maximum Gasteiger partial charge on any atom is 0.271 e. The van der Waals surface area contributed by atoms with Crippen molar-refractivity contribution in [1.82, 2.24) is 5.43 Å². The van der Waals surface area contributed by atoms with Crippen molar-refractivity contribution < 1.29 is 9.18 Å². The minimum absolute atomic E-state index is 0.270. The Morgan fingerprint density at radius 1 is 1.47 bits per heavy atom. The molecule has 1 aromatic carbocycles. The largest absolute Gasteiger partial charge is 0.271 e. The quantitative estimate of drug-likeness (QED) is 0.633. The summed E-state index contributed by atoms with van der Waals surface area (Å²) < 4.78 is 12.9. The van der Waals surface area contributed by atoms with Gasteiger partial charge in [-0.2, -0.15) is 5.10 Å². The molecule has 0 fully saturated rings. The van der Waals surface area contributed by atoms with Crippen molar-refractivity contribution in [2.24, 2.45) is 11.0 Å². The third kappa shape index (κ3) is 4.76. The van der Waals surface area contributed by atoms with Crippen LogP contribution in [-0.4, -0.2) is 11.6 Å². The molecule has 0 aromatic heterocycles. The SMILES string of the molecule is CC(CC(C)C)=NNC(=O)c1cccc(F)c1. The highest BCUT2D eigenvalue weighted by Gasteiger charge is 2.05. The zero-order valence-corrected chi connectivity index (χ0v) is 10.3. The molecule has 0 bridgehead atoms. The Morgan fingerprint density at radius 3 is 2.76 bits per heavy atom. The first-order valence-electron chi connectivity index (χ1n) is 5.58. The van der Waals surface area contributed by atoms with E-state index in [1.807, 2.05) is 6.92 Å². The fourth-order valence-corrected chi connectivity index (χ4v) is 1.48. The van der Waals surface area contributed by atoms with Gasteiger partial charge in [-0.05, 0) is 37.5 Å². The van der Waals surface area contributed by atoms with Gasteiger partial charge < -0.3 is 0 Å². The van der Waals surface area contributed by atoms with Crippen LogP contribution in [0.1, 0.15) is 37.6 Å². The molecule has 0 spiro atoms. The first kappa shape index (κ1) is 13.4. The van der Waals surface area contributed by atoms with E-state index in [0.29, 0.717) is 5.92 Å². The first-order valence-corrected chi connectivity index (χ1v) is 5.58. The molecule has 0 aliphatic carbocycles. The summed E-state index contributed by atoms with van der Waals surface area (Å²) in [5.74, 6) is -0.335. The van der Waals surface area contributed by atoms with Crippen molar-refractivity contribution in [2.45, 2.75) is 27.2 Å². The highest BCUT2D eigenvalue weighted by atomic mass is 19.1. The van der Waals surface area contributed by atoms with Crippen LogP contribution >= 0.6 is 0 Å². The van der Waals surface area contributed by atoms with Gasteiger partial charge in [0.1, 0.15) is 5.82 Å². The van der Waals surface area contributed by atoms with Gasteiger partial charge in [-0.1, -0.05) is 19.9 Å². The number of benzene rings is 1. The standard InChI is InChI=1S/C13H17FN2O/c1-9(2)7-10(3)15-16-13(17)11-5-4-6-12(14)8-11/h4-6,8-9H,7H2,1-3H3,(H,16,17). The Morgan fingerprint density at radius 2 is 2.18 bits per heavy atom. The molecule has 0 aliphatic heterocycles. The van der Waals surface area contributed by atoms with Gasteiger partial charge in [0.05, 0.1) is 0 Å². The van der Waals surface area contributed by atoms with Crippen molar-refractivity contribution >= 4 is 11.6 Å². The van der Waals surface area contributed by atoms with E-state index in [-0.39, 0.29) is 5.56 Å². The summed E-state index contributed by atoms with van der Waals surface area (Å²) in [5, 5.41) is 3.96. The van der Waals surface area contributed by atoms with Crippen molar-refractivity contribution in [1.29, 1.82) is 0 Å². The van der Waals surface area contributed by atoms with Crippen LogP contribution in [0.15, 0.2) is 29.4 Å². The molecule has 0 radical (unpaired) electrons. The Labute approximate surface area is 101 Å². The van der Waals surface area contributed by atoms with Crippen LogP contribution in [0.5, 0.6) is 0 Å². The van der Waals surface area contributed by atoms with Crippen LogP contribution < -0.4 is 5.43 Å². The highest BCUT2D eigenvalue weighted by Crippen LogP contribution is 2.04. The molecule has 0 saturated carbocycles. The molecule has 1 aromatic rings. The number of nitrogens with zero attached hydrogens (tertiary/aromatic N) is 1. The molecule has 92 valence electrons. The summed E-state index contributed by atoms with van der Waals surface area (Å²) in [6.45, 7) is 6.01. The van der Waals surface area contributed by atoms with Crippen LogP contribution in [0.2, 0.25) is 0 Å². The van der Waals surface area contributed by atoms with Crippen LogP contribution in [-0.2, 0) is 0 Å². The van der Waals surface area contributed by atoms with E-state index < -0.39 is 11.7 Å². The normalized spacial score (nSPS) is 11.7. The summed E-state index contributed by atoms with van der Waals surface area (Å²) in [4.78, 5) is 11.6. The minimum Gasteiger partial charge on any atom is -0.267 e. The number of rotatable bonds is 4. The predicted molar refractivity (Wildman–Crippen MR) is 66.4 cm³/mol. The van der Waals surface area contributed by atoms with Gasteiger partial charge in [-0.15, -0.1) is 0 Å². The molecular formula is C13H17FN2O. The fraction of sp³-hybridized carbons (Fsp3) is 0.385. The van der Waals surface area contributed by atoms with E-state index in [4.69, 9.17) is 0 Å². The lowest BCUT2D eigenvalue weighted by molar-refractivity contribution is 0.0954. The summed E-state index contributed by atoms with van der Waals surface area (Å²) in [6, 6.07) is 5.52. The van der Waals surface area contributed by atoms with E-state index in [1.54, 1.807) is 6.07 Å². The molecular weight excluding hydrogens is 219 g/mol. The van der Waals surface area contributed by atoms with Gasteiger partial charge in [-0.25, -0.2) is 9.82 Å². The number of hydrogen-bond donors (Lipinski definition) is 1. The summed E-state index contributed by atoms with van der Waals surface area (Å²) in [5.41, 5.74) is 3.53. The van der Waals surface area contributed by atoms with Crippen molar-refractivity contribution in [2.75, 3.05) is 0 Å². The zero-order valence-electron chi connectivity index (χ0n) is 10.3. The molecule has 0 aliphatic rings. The third-order valence-electron chi connectivity index (χ3n) is 2.14. The molecule has 0 unspecified atom stereocenters. The minimum atomic E-state index is -0.430. The Kier molecular flexibility index (Phi) is 4.82. The molecule has 17 heavy (non-hydrogen) atoms. The van der Waals surface area contributed by atoms with E-state index >= 15 is 0 Å². The summed E-state index contributed by atoms with van der Waals surface area (Å²) in [7, 11) is 0. The zero-order chi connectivity index (χ0) is 12.8. The van der Waals surface area contributed by atoms with Gasteiger partial charge >= 0.3 is 0 Å². The van der Waals surface area contributed by atoms with Crippen LogP contribution in [0.3, 0.4) is 0 Å². The fourth-order valence-electron chi connectivity index (χ4n) is 1.48. The molecule has 0 heterocycles. The molecule has 0 saturated heterocycles. The molecule has 1 rings (SSSR count). The average molecular weight is 236 g/mol. The van der Waals surface area contributed by atoms with E-state index in [1.165, 1.54) is 18.2 Å². The maximum absolute atomic E-state index is 12.9. The predicted octanol–water partition coefficient (Wildman–Crippen LogP) is 2.98. The monoisotopic (exact) mass is 236 g/mol. The lowest BCUT2D eigenvalue weighted by Crippen LogP contribution is -2.19. The lowest BCUT2D eigenvalue weighted by Gasteiger charge is -2.04. The van der Waals surface area contributed by atoms with Gasteiger partial charge in [-0.3, -0.25) is 4.79 Å². The number of carbonyl (C=O) groups excluding carboxylic acids is 1. The van der Waals surface area contributed by atoms with E-state index in [9.17, 15) is 9.18 Å². The second-order valence-electron chi connectivity index (χ2n) is 4.40. The van der Waals surface area contributed by atoms with Gasteiger partial charge in [0.15, 0.2) is 0 Å². The van der Waals surface area contributed by atoms with Crippen molar-refractivity contribution in [3.05, 3.63) is 35.6 Å². The Bertz CT molecular complexity index is 427. The van der Waals surface area contributed by atoms with Crippen LogP contribution in [0.4, 0.5) is 4.39 Å². The summed E-state index contributed by atoms with van der Waals surface area (Å²) in [6.07, 6.45) is 0.823. The molecule has 1 amide bonds. The van der Waals surface area contributed by atoms with Gasteiger partial charge in [0.25, 0.3) is 5.91 Å². The number of hydrogen-bond acceptors (Lipinski definition) is 2. The van der Waals surface area contributed by atoms with Crippen LogP contribution in [0.25, 0.3) is 0 Å². The lowest BCUT2D eigenvalue weighted by atomic mass is 10.1. The average Bonchev–Trinajstić information content (AvgIpc) is 2.25. The Balaban J connectivity index is 2.61. The second-order valence-corrected chi connectivity index (χ2v) is 4.40. The highest BCUT2D eigenvalue weighted by molar-refractivity contribution is 5.95. The van der Waals surface area contributed by atoms with Crippen LogP contribution in [0, 0.1) is 11.7 Å². The number of nitrogens with one attached hydrogen (secondary N) is 1. The van der Waals surface area contributed by atoms with E-state index in [2.05, 4.69) is 24.4 Å². The maximum atomic E-state index is 12.9. The second kappa shape index (κ2) is 6.13. The smallest absolute Gasteiger partial charge is 0.267 e. The molecule has 3 nitrogen and oxygen atoms in total. The Hall–Kier alpha value is -1.71. The molecule has 1 N–H and O–H groups in total. The van der Waals surface area contributed by atoms with Gasteiger partial charge in [0.2, 0.25) is 0 Å². The topological polar surface area (TPSA) is 41.5 Å². The number of carbonyl (C=O) groups is 1.